The van der Waals surface area contributed by atoms with Crippen LogP contribution in [-0.2, 0) is 15.1 Å². The molecule has 0 aliphatic carbocycles. The van der Waals surface area contributed by atoms with Crippen molar-refractivity contribution in [2.24, 2.45) is 0 Å². The van der Waals surface area contributed by atoms with Gasteiger partial charge in [-0.2, -0.15) is 13.2 Å². The summed E-state index contributed by atoms with van der Waals surface area (Å²) in [5.41, 5.74) is -2.45. The summed E-state index contributed by atoms with van der Waals surface area (Å²) in [5, 5.41) is 13.8. The molecule has 5 nitrogen and oxygen atoms in total. The zero-order valence-corrected chi connectivity index (χ0v) is 21.4. The molecule has 1 aliphatic heterocycles. The van der Waals surface area contributed by atoms with Crippen LogP contribution in [0.15, 0.2) is 54.6 Å². The summed E-state index contributed by atoms with van der Waals surface area (Å²) < 4.78 is 62.5. The fourth-order valence-electron chi connectivity index (χ4n) is 4.67. The number of rotatable bonds is 6. The second kappa shape index (κ2) is 10.0. The van der Waals surface area contributed by atoms with Crippen molar-refractivity contribution in [3.63, 3.8) is 0 Å². The number of alkyl halides is 3. The summed E-state index contributed by atoms with van der Waals surface area (Å²) >= 11 is 6.44. The number of hydrogen-bond donors (Lipinski definition) is 2. The highest BCUT2D eigenvalue weighted by Crippen LogP contribution is 2.51. The molecule has 4 rings (SSSR count). The zero-order valence-electron chi connectivity index (χ0n) is 20.6. The van der Waals surface area contributed by atoms with E-state index >= 15 is 0 Å². The van der Waals surface area contributed by atoms with E-state index in [9.17, 15) is 32.3 Å². The first-order chi connectivity index (χ1) is 17.8. The molecule has 3 unspecified atom stereocenters. The number of carbonyl (C=O) groups is 2. The molecule has 0 spiro atoms. The van der Waals surface area contributed by atoms with Crippen LogP contribution < -0.4 is 5.32 Å². The highest BCUT2D eigenvalue weighted by molar-refractivity contribution is 6.31. The molecule has 38 heavy (non-hydrogen) atoms. The minimum absolute atomic E-state index is 0.0192. The van der Waals surface area contributed by atoms with E-state index in [0.29, 0.717) is 22.4 Å². The van der Waals surface area contributed by atoms with Crippen molar-refractivity contribution in [3.8, 4) is 11.1 Å². The Balaban J connectivity index is 1.74. The number of hydrogen-bond acceptors (Lipinski definition) is 4. The number of aliphatic hydroxyl groups is 1. The van der Waals surface area contributed by atoms with Crippen LogP contribution in [0.25, 0.3) is 11.1 Å². The molecule has 200 valence electrons. The molecule has 0 fully saturated rings. The van der Waals surface area contributed by atoms with Gasteiger partial charge >= 0.3 is 12.1 Å². The number of nitrogens with one attached hydrogen (secondary N) is 1. The van der Waals surface area contributed by atoms with Crippen molar-refractivity contribution in [1.29, 1.82) is 0 Å². The van der Waals surface area contributed by atoms with Crippen molar-refractivity contribution >= 4 is 29.2 Å². The van der Waals surface area contributed by atoms with Crippen molar-refractivity contribution in [2.75, 3.05) is 11.9 Å². The number of benzene rings is 3. The summed E-state index contributed by atoms with van der Waals surface area (Å²) in [4.78, 5) is 24.0. The fourth-order valence-corrected chi connectivity index (χ4v) is 5.01. The number of anilines is 1. The second-order valence-electron chi connectivity index (χ2n) is 9.15. The topological polar surface area (TPSA) is 75.6 Å². The van der Waals surface area contributed by atoms with Crippen molar-refractivity contribution in [3.05, 3.63) is 87.7 Å². The van der Waals surface area contributed by atoms with Crippen LogP contribution in [0.4, 0.5) is 23.2 Å². The summed E-state index contributed by atoms with van der Waals surface area (Å²) in [6.45, 7) is 4.42. The predicted octanol–water partition coefficient (Wildman–Crippen LogP) is 6.93. The smallest absolute Gasteiger partial charge is 0.422 e. The minimum Gasteiger partial charge on any atom is -0.462 e. The maximum absolute atomic E-state index is 14.5. The number of fused-ring (bicyclic) bond motifs is 1. The minimum atomic E-state index is -5.09. The molecule has 2 N–H and O–H groups in total. The molecule has 3 aromatic carbocycles. The Bertz CT molecular complexity index is 1420. The van der Waals surface area contributed by atoms with Crippen LogP contribution in [0.2, 0.25) is 5.02 Å². The number of halogens is 5. The number of carbonyl (C=O) groups excluding carboxylic acids is 2. The summed E-state index contributed by atoms with van der Waals surface area (Å²) in [6.07, 6.45) is -5.09. The van der Waals surface area contributed by atoms with Crippen molar-refractivity contribution < 1.29 is 37.0 Å². The molecule has 0 saturated heterocycles. The lowest BCUT2D eigenvalue weighted by Gasteiger charge is -2.37. The third kappa shape index (κ3) is 4.65. The monoisotopic (exact) mass is 549 g/mol. The lowest BCUT2D eigenvalue weighted by atomic mass is 9.76. The van der Waals surface area contributed by atoms with Crippen LogP contribution in [0.5, 0.6) is 0 Å². The SMILES string of the molecule is CCOC(=O)c1cc(-c2ccc(C(C)C(O)(c3ccc4c(c3)C(C)C(=O)N4)C(F)(F)F)c(Cl)c2)ccc1F. The van der Waals surface area contributed by atoms with Crippen LogP contribution in [0.3, 0.4) is 0 Å². The Labute approximate surface area is 221 Å². The van der Waals surface area contributed by atoms with E-state index in [1.54, 1.807) is 13.8 Å². The van der Waals surface area contributed by atoms with Crippen LogP contribution in [0, 0.1) is 5.82 Å². The molecular weight excluding hydrogens is 526 g/mol. The Morgan fingerprint density at radius 3 is 2.39 bits per heavy atom. The lowest BCUT2D eigenvalue weighted by molar-refractivity contribution is -0.274. The molecule has 3 aromatic rings. The third-order valence-electron chi connectivity index (χ3n) is 6.93. The molecule has 0 aromatic heterocycles. The van der Waals surface area contributed by atoms with Crippen LogP contribution in [0.1, 0.15) is 59.7 Å². The summed E-state index contributed by atoms with van der Waals surface area (Å²) in [5.74, 6) is -4.19. The van der Waals surface area contributed by atoms with Gasteiger partial charge in [0.25, 0.3) is 0 Å². The molecule has 1 aliphatic rings. The first-order valence-corrected chi connectivity index (χ1v) is 12.2. The van der Waals surface area contributed by atoms with E-state index in [1.165, 1.54) is 49.4 Å². The third-order valence-corrected chi connectivity index (χ3v) is 7.26. The first-order valence-electron chi connectivity index (χ1n) is 11.8. The van der Waals surface area contributed by atoms with Gasteiger partial charge in [0, 0.05) is 16.6 Å². The average molecular weight is 550 g/mol. The van der Waals surface area contributed by atoms with Gasteiger partial charge in [-0.25, -0.2) is 9.18 Å². The van der Waals surface area contributed by atoms with Crippen LogP contribution >= 0.6 is 11.6 Å². The van der Waals surface area contributed by atoms with E-state index in [0.717, 1.165) is 12.1 Å². The molecule has 0 radical (unpaired) electrons. The summed E-state index contributed by atoms with van der Waals surface area (Å²) in [7, 11) is 0. The molecule has 1 heterocycles. The Kier molecular flexibility index (Phi) is 7.29. The second-order valence-corrected chi connectivity index (χ2v) is 9.56. The van der Waals surface area contributed by atoms with Gasteiger partial charge < -0.3 is 15.2 Å². The van der Waals surface area contributed by atoms with Gasteiger partial charge in [0.2, 0.25) is 5.91 Å². The lowest BCUT2D eigenvalue weighted by Crippen LogP contribution is -2.46. The van der Waals surface area contributed by atoms with Gasteiger partial charge in [-0.1, -0.05) is 42.8 Å². The largest absolute Gasteiger partial charge is 0.462 e. The van der Waals surface area contributed by atoms with E-state index in [2.05, 4.69) is 5.32 Å². The van der Waals surface area contributed by atoms with Gasteiger partial charge in [0.15, 0.2) is 5.60 Å². The van der Waals surface area contributed by atoms with E-state index in [4.69, 9.17) is 16.3 Å². The quantitative estimate of drug-likeness (QED) is 0.258. The zero-order chi connectivity index (χ0) is 28.0. The van der Waals surface area contributed by atoms with Gasteiger partial charge in [-0.15, -0.1) is 0 Å². The number of amides is 1. The predicted molar refractivity (Wildman–Crippen MR) is 135 cm³/mol. The van der Waals surface area contributed by atoms with Crippen molar-refractivity contribution in [2.45, 2.75) is 44.4 Å². The Morgan fingerprint density at radius 2 is 1.76 bits per heavy atom. The van der Waals surface area contributed by atoms with E-state index in [-0.39, 0.29) is 28.7 Å². The molecule has 0 bridgehead atoms. The van der Waals surface area contributed by atoms with Crippen molar-refractivity contribution in [1.82, 2.24) is 0 Å². The highest BCUT2D eigenvalue weighted by atomic mass is 35.5. The Hall–Kier alpha value is -3.43. The fraction of sp³-hybridized carbons (Fsp3) is 0.286. The molecule has 3 atom stereocenters. The average Bonchev–Trinajstić information content (AvgIpc) is 3.15. The molecule has 1 amide bonds. The normalized spacial score (nSPS) is 17.4. The van der Waals surface area contributed by atoms with Gasteiger partial charge in [-0.3, -0.25) is 4.79 Å². The van der Waals surface area contributed by atoms with E-state index in [1.807, 2.05) is 0 Å². The van der Waals surface area contributed by atoms with Gasteiger partial charge in [0.1, 0.15) is 5.82 Å². The molecular formula is C28H24ClF4NO4. The summed E-state index contributed by atoms with van der Waals surface area (Å²) in [6, 6.07) is 11.7. The molecule has 0 saturated carbocycles. The molecule has 10 heteroatoms. The maximum Gasteiger partial charge on any atom is 0.422 e. The van der Waals surface area contributed by atoms with Gasteiger partial charge in [-0.05, 0) is 72.0 Å². The number of ether oxygens (including phenoxy) is 1. The Morgan fingerprint density at radius 1 is 1.11 bits per heavy atom. The maximum atomic E-state index is 14.5. The number of esters is 1. The van der Waals surface area contributed by atoms with Gasteiger partial charge in [0.05, 0.1) is 18.1 Å². The first kappa shape index (κ1) is 27.6. The standard InChI is InChI=1S/C28H24ClF4NO4/c1-4-38-26(36)21-11-16(6-9-23(21)30)17-5-8-19(22(29)12-17)15(3)27(37,28(31,32)33)18-7-10-24-20(13-18)14(2)25(35)34-24/h5-15,37H,4H2,1-3H3,(H,34,35). The van der Waals surface area contributed by atoms with Crippen LogP contribution in [-0.4, -0.2) is 29.8 Å². The van der Waals surface area contributed by atoms with E-state index < -0.39 is 41.0 Å². The highest BCUT2D eigenvalue weighted by Gasteiger charge is 2.59.